The zero-order chi connectivity index (χ0) is 14.2. The second-order valence-corrected chi connectivity index (χ2v) is 7.64. The van der Waals surface area contributed by atoms with Crippen LogP contribution in [0.2, 0.25) is 0 Å². The number of benzene rings is 1. The highest BCUT2D eigenvalue weighted by Crippen LogP contribution is 2.61. The molecular formula is C20H29N. The predicted molar refractivity (Wildman–Crippen MR) is 88.5 cm³/mol. The van der Waals surface area contributed by atoms with Crippen LogP contribution in [0, 0.1) is 17.8 Å². The van der Waals surface area contributed by atoms with Crippen LogP contribution in [0.3, 0.4) is 0 Å². The molecule has 3 aliphatic rings. The number of fused-ring (bicyclic) bond motifs is 3. The average Bonchev–Trinajstić information content (AvgIpc) is 3.28. The van der Waals surface area contributed by atoms with Crippen LogP contribution in [0.15, 0.2) is 24.3 Å². The number of hydrogen-bond acceptors (Lipinski definition) is 1. The minimum absolute atomic E-state index is 0.759. The quantitative estimate of drug-likeness (QED) is 0.856. The molecule has 4 unspecified atom stereocenters. The zero-order valence-electron chi connectivity index (χ0n) is 13.4. The van der Waals surface area contributed by atoms with Crippen molar-refractivity contribution in [3.63, 3.8) is 0 Å². The summed E-state index contributed by atoms with van der Waals surface area (Å²) in [5.41, 5.74) is 3.32. The predicted octanol–water partition coefficient (Wildman–Crippen LogP) is 4.52. The Morgan fingerprint density at radius 3 is 2.71 bits per heavy atom. The molecular weight excluding hydrogens is 254 g/mol. The zero-order valence-corrected chi connectivity index (χ0v) is 13.4. The van der Waals surface area contributed by atoms with Crippen molar-refractivity contribution in [1.82, 2.24) is 5.32 Å². The highest BCUT2D eigenvalue weighted by molar-refractivity contribution is 5.40. The Labute approximate surface area is 129 Å². The van der Waals surface area contributed by atoms with Crippen LogP contribution in [-0.4, -0.2) is 13.1 Å². The minimum atomic E-state index is 0.759. The lowest BCUT2D eigenvalue weighted by atomic mass is 9.83. The van der Waals surface area contributed by atoms with Gasteiger partial charge in [-0.3, -0.25) is 0 Å². The molecule has 1 N–H and O–H groups in total. The number of aryl methyl sites for hydroxylation is 1. The Morgan fingerprint density at radius 1 is 1.10 bits per heavy atom. The van der Waals surface area contributed by atoms with Gasteiger partial charge in [0.25, 0.3) is 0 Å². The average molecular weight is 283 g/mol. The van der Waals surface area contributed by atoms with Gasteiger partial charge in [0.15, 0.2) is 0 Å². The maximum atomic E-state index is 3.70. The molecule has 1 aromatic carbocycles. The number of nitrogens with one attached hydrogen (secondary N) is 1. The van der Waals surface area contributed by atoms with E-state index in [0.717, 1.165) is 29.7 Å². The molecule has 2 fully saturated rings. The lowest BCUT2D eigenvalue weighted by Crippen LogP contribution is -2.31. The highest BCUT2D eigenvalue weighted by atomic mass is 14.9. The molecule has 1 heteroatoms. The molecule has 0 radical (unpaired) electrons. The van der Waals surface area contributed by atoms with Crippen molar-refractivity contribution in [3.05, 3.63) is 35.4 Å². The summed E-state index contributed by atoms with van der Waals surface area (Å²) < 4.78 is 0. The van der Waals surface area contributed by atoms with Gasteiger partial charge in [-0.1, -0.05) is 56.4 Å². The van der Waals surface area contributed by atoms with Crippen molar-refractivity contribution in [2.75, 3.05) is 7.05 Å². The van der Waals surface area contributed by atoms with E-state index in [-0.39, 0.29) is 0 Å². The smallest absolute Gasteiger partial charge is 0.0104 e. The third-order valence-corrected chi connectivity index (χ3v) is 6.54. The fraction of sp³-hybridized carbons (Fsp3) is 0.700. The fourth-order valence-electron chi connectivity index (χ4n) is 5.42. The molecule has 0 aliphatic heterocycles. The van der Waals surface area contributed by atoms with Gasteiger partial charge in [-0.05, 0) is 61.1 Å². The first-order valence-corrected chi connectivity index (χ1v) is 9.13. The van der Waals surface area contributed by atoms with E-state index in [1.165, 1.54) is 51.4 Å². The van der Waals surface area contributed by atoms with E-state index in [0.29, 0.717) is 0 Å². The summed E-state index contributed by atoms with van der Waals surface area (Å²) in [7, 11) is 2.20. The van der Waals surface area contributed by atoms with Gasteiger partial charge in [-0.25, -0.2) is 0 Å². The van der Waals surface area contributed by atoms with E-state index in [9.17, 15) is 0 Å². The molecule has 1 aromatic rings. The standard InChI is InChI=1S/C20H29N/c1-21-18(13-14-7-3-2-4-8-14)20-17-12-11-15-9-5-6-10-16(15)19(17)20/h5-6,9-10,14,17-21H,2-4,7-8,11-13H2,1H3. The van der Waals surface area contributed by atoms with Crippen molar-refractivity contribution >= 4 is 0 Å². The van der Waals surface area contributed by atoms with E-state index >= 15 is 0 Å². The van der Waals surface area contributed by atoms with Gasteiger partial charge in [0, 0.05) is 6.04 Å². The number of rotatable bonds is 4. The van der Waals surface area contributed by atoms with Crippen LogP contribution in [-0.2, 0) is 6.42 Å². The van der Waals surface area contributed by atoms with Gasteiger partial charge < -0.3 is 5.32 Å². The molecule has 3 aliphatic carbocycles. The highest BCUT2D eigenvalue weighted by Gasteiger charge is 2.55. The largest absolute Gasteiger partial charge is 0.317 e. The Balaban J connectivity index is 1.47. The summed E-state index contributed by atoms with van der Waals surface area (Å²) >= 11 is 0. The fourth-order valence-corrected chi connectivity index (χ4v) is 5.42. The molecule has 0 aromatic heterocycles. The molecule has 0 spiro atoms. The van der Waals surface area contributed by atoms with Gasteiger partial charge in [0.05, 0.1) is 0 Å². The molecule has 4 rings (SSSR count). The third-order valence-electron chi connectivity index (χ3n) is 6.54. The van der Waals surface area contributed by atoms with E-state index in [1.807, 2.05) is 0 Å². The Bertz CT molecular complexity index is 488. The molecule has 1 nitrogen and oxygen atoms in total. The first kappa shape index (κ1) is 13.8. The SMILES string of the molecule is CNC(CC1CCCCC1)C1C2CCc3ccccc3C21. The molecule has 114 valence electrons. The van der Waals surface area contributed by atoms with Crippen molar-refractivity contribution < 1.29 is 0 Å². The van der Waals surface area contributed by atoms with Crippen LogP contribution < -0.4 is 5.32 Å². The summed E-state index contributed by atoms with van der Waals surface area (Å²) in [6, 6.07) is 9.98. The number of hydrogen-bond donors (Lipinski definition) is 1. The molecule has 0 bridgehead atoms. The first-order chi connectivity index (χ1) is 10.4. The van der Waals surface area contributed by atoms with Crippen molar-refractivity contribution in [3.8, 4) is 0 Å². The van der Waals surface area contributed by atoms with Gasteiger partial charge in [-0.2, -0.15) is 0 Å². The Morgan fingerprint density at radius 2 is 1.90 bits per heavy atom. The lowest BCUT2D eigenvalue weighted by Gasteiger charge is -2.27. The topological polar surface area (TPSA) is 12.0 Å². The first-order valence-electron chi connectivity index (χ1n) is 9.13. The molecule has 21 heavy (non-hydrogen) atoms. The summed E-state index contributed by atoms with van der Waals surface area (Å²) in [6.07, 6.45) is 11.6. The van der Waals surface area contributed by atoms with E-state index in [2.05, 4.69) is 36.6 Å². The van der Waals surface area contributed by atoms with Crippen LogP contribution >= 0.6 is 0 Å². The van der Waals surface area contributed by atoms with Crippen LogP contribution in [0.5, 0.6) is 0 Å². The van der Waals surface area contributed by atoms with E-state index in [1.54, 1.807) is 11.1 Å². The lowest BCUT2D eigenvalue weighted by molar-refractivity contribution is 0.285. The summed E-state index contributed by atoms with van der Waals surface area (Å²) in [5.74, 6) is 3.76. The summed E-state index contributed by atoms with van der Waals surface area (Å²) in [4.78, 5) is 0. The monoisotopic (exact) mass is 283 g/mol. The van der Waals surface area contributed by atoms with Crippen molar-refractivity contribution in [1.29, 1.82) is 0 Å². The van der Waals surface area contributed by atoms with Gasteiger partial charge in [0.2, 0.25) is 0 Å². The van der Waals surface area contributed by atoms with Crippen molar-refractivity contribution in [2.45, 2.75) is 63.3 Å². The van der Waals surface area contributed by atoms with Gasteiger partial charge in [-0.15, -0.1) is 0 Å². The van der Waals surface area contributed by atoms with Gasteiger partial charge >= 0.3 is 0 Å². The third kappa shape index (κ3) is 2.54. The molecule has 0 heterocycles. The van der Waals surface area contributed by atoms with E-state index in [4.69, 9.17) is 0 Å². The molecule has 0 saturated heterocycles. The van der Waals surface area contributed by atoms with Crippen LogP contribution in [0.25, 0.3) is 0 Å². The molecule has 4 atom stereocenters. The summed E-state index contributed by atoms with van der Waals surface area (Å²) in [6.45, 7) is 0. The second kappa shape index (κ2) is 5.76. The Kier molecular flexibility index (Phi) is 3.79. The molecule has 2 saturated carbocycles. The minimum Gasteiger partial charge on any atom is -0.317 e. The van der Waals surface area contributed by atoms with Crippen molar-refractivity contribution in [2.24, 2.45) is 17.8 Å². The van der Waals surface area contributed by atoms with Gasteiger partial charge in [0.1, 0.15) is 0 Å². The molecule has 0 amide bonds. The van der Waals surface area contributed by atoms with E-state index < -0.39 is 0 Å². The van der Waals surface area contributed by atoms with Crippen LogP contribution in [0.4, 0.5) is 0 Å². The maximum Gasteiger partial charge on any atom is 0.0104 e. The summed E-state index contributed by atoms with van der Waals surface area (Å²) in [5, 5.41) is 3.70. The Hall–Kier alpha value is -0.820. The second-order valence-electron chi connectivity index (χ2n) is 7.64. The maximum absolute atomic E-state index is 3.70. The van der Waals surface area contributed by atoms with Crippen LogP contribution in [0.1, 0.15) is 62.0 Å². The normalized spacial score (nSPS) is 33.1.